The molecule has 2 aromatic carbocycles. The molecule has 134 valence electrons. The number of nitrogens with one attached hydrogen (secondary N) is 1. The van der Waals surface area contributed by atoms with Gasteiger partial charge in [-0.05, 0) is 37.6 Å². The van der Waals surface area contributed by atoms with Gasteiger partial charge in [0.05, 0.1) is 18.4 Å². The first-order chi connectivity index (χ1) is 12.6. The van der Waals surface area contributed by atoms with Crippen LogP contribution < -0.4 is 10.1 Å². The van der Waals surface area contributed by atoms with Crippen LogP contribution in [-0.2, 0) is 0 Å². The Bertz CT molecular complexity index is 925. The van der Waals surface area contributed by atoms with Crippen molar-refractivity contribution in [3.05, 3.63) is 59.2 Å². The van der Waals surface area contributed by atoms with Crippen molar-refractivity contribution in [3.8, 4) is 5.75 Å². The summed E-state index contributed by atoms with van der Waals surface area (Å²) in [7, 11) is 1.56. The van der Waals surface area contributed by atoms with E-state index in [1.807, 2.05) is 18.2 Å². The van der Waals surface area contributed by atoms with E-state index in [2.05, 4.69) is 41.5 Å². The van der Waals surface area contributed by atoms with Crippen LogP contribution in [-0.4, -0.2) is 28.8 Å². The SMILES string of the molecule is COc1ccccc1C(=O)CSc1nnc(Nc2ccc(C)cc2C)s1. The zero-order chi connectivity index (χ0) is 18.5. The molecule has 1 N–H and O–H groups in total. The lowest BCUT2D eigenvalue weighted by atomic mass is 10.1. The molecule has 0 fully saturated rings. The highest BCUT2D eigenvalue weighted by Gasteiger charge is 2.14. The Morgan fingerprint density at radius 1 is 1.19 bits per heavy atom. The highest BCUT2D eigenvalue weighted by molar-refractivity contribution is 8.01. The van der Waals surface area contributed by atoms with Gasteiger partial charge in [0.25, 0.3) is 0 Å². The van der Waals surface area contributed by atoms with Crippen molar-refractivity contribution in [3.63, 3.8) is 0 Å². The summed E-state index contributed by atoms with van der Waals surface area (Å²) in [4.78, 5) is 12.4. The first-order valence-corrected chi connectivity index (χ1v) is 9.84. The highest BCUT2D eigenvalue weighted by Crippen LogP contribution is 2.30. The molecule has 0 saturated heterocycles. The Kier molecular flexibility index (Phi) is 5.90. The Balaban J connectivity index is 1.62. The van der Waals surface area contributed by atoms with Gasteiger partial charge in [-0.1, -0.05) is 52.9 Å². The number of para-hydroxylation sites is 1. The van der Waals surface area contributed by atoms with E-state index >= 15 is 0 Å². The number of aryl methyl sites for hydroxylation is 2. The molecule has 0 atom stereocenters. The lowest BCUT2D eigenvalue weighted by Crippen LogP contribution is -2.04. The van der Waals surface area contributed by atoms with E-state index in [9.17, 15) is 4.79 Å². The van der Waals surface area contributed by atoms with Crippen LogP contribution in [0.15, 0.2) is 46.8 Å². The predicted molar refractivity (Wildman–Crippen MR) is 107 cm³/mol. The molecule has 1 heterocycles. The van der Waals surface area contributed by atoms with Gasteiger partial charge in [-0.25, -0.2) is 0 Å². The normalized spacial score (nSPS) is 10.6. The summed E-state index contributed by atoms with van der Waals surface area (Å²) in [5, 5.41) is 12.3. The molecular formula is C19H19N3O2S2. The molecule has 0 radical (unpaired) electrons. The average molecular weight is 386 g/mol. The van der Waals surface area contributed by atoms with Gasteiger partial charge in [0.15, 0.2) is 10.1 Å². The van der Waals surface area contributed by atoms with Gasteiger partial charge in [-0.15, -0.1) is 10.2 Å². The molecular weight excluding hydrogens is 366 g/mol. The highest BCUT2D eigenvalue weighted by atomic mass is 32.2. The summed E-state index contributed by atoms with van der Waals surface area (Å²) in [6.45, 7) is 4.12. The predicted octanol–water partition coefficient (Wildman–Crippen LogP) is 4.88. The number of aromatic nitrogens is 2. The molecule has 0 aliphatic rings. The maximum absolute atomic E-state index is 12.4. The number of nitrogens with zero attached hydrogens (tertiary/aromatic N) is 2. The van der Waals surface area contributed by atoms with Crippen LogP contribution in [0.5, 0.6) is 5.75 Å². The summed E-state index contributed by atoms with van der Waals surface area (Å²) in [5.41, 5.74) is 3.96. The Morgan fingerprint density at radius 3 is 2.77 bits per heavy atom. The molecule has 0 unspecified atom stereocenters. The number of methoxy groups -OCH3 is 1. The molecule has 5 nitrogen and oxygen atoms in total. The number of rotatable bonds is 7. The van der Waals surface area contributed by atoms with Crippen molar-refractivity contribution >= 4 is 39.7 Å². The fourth-order valence-electron chi connectivity index (χ4n) is 2.47. The second kappa shape index (κ2) is 8.33. The zero-order valence-electron chi connectivity index (χ0n) is 14.8. The molecule has 0 saturated carbocycles. The summed E-state index contributed by atoms with van der Waals surface area (Å²) in [6, 6.07) is 13.4. The van der Waals surface area contributed by atoms with Gasteiger partial charge in [0.1, 0.15) is 5.75 Å². The molecule has 0 aliphatic heterocycles. The van der Waals surface area contributed by atoms with E-state index < -0.39 is 0 Å². The largest absolute Gasteiger partial charge is 0.496 e. The Labute approximate surface area is 160 Å². The summed E-state index contributed by atoms with van der Waals surface area (Å²) < 4.78 is 5.99. The topological polar surface area (TPSA) is 64.1 Å². The van der Waals surface area contributed by atoms with Crippen LogP contribution in [0.3, 0.4) is 0 Å². The van der Waals surface area contributed by atoms with E-state index in [0.29, 0.717) is 22.2 Å². The van der Waals surface area contributed by atoms with Crippen LogP contribution in [0.25, 0.3) is 0 Å². The number of ketones is 1. The van der Waals surface area contributed by atoms with Crippen LogP contribution in [0, 0.1) is 13.8 Å². The van der Waals surface area contributed by atoms with Crippen LogP contribution in [0.1, 0.15) is 21.5 Å². The minimum absolute atomic E-state index is 0.00605. The van der Waals surface area contributed by atoms with Crippen molar-refractivity contribution in [2.45, 2.75) is 18.2 Å². The number of hydrogen-bond donors (Lipinski definition) is 1. The molecule has 3 rings (SSSR count). The third-order valence-electron chi connectivity index (χ3n) is 3.76. The fourth-order valence-corrected chi connectivity index (χ4v) is 4.12. The van der Waals surface area contributed by atoms with E-state index in [0.717, 1.165) is 15.6 Å². The molecule has 1 aromatic heterocycles. The second-order valence-corrected chi connectivity index (χ2v) is 7.93. The molecule has 0 bridgehead atoms. The van der Waals surface area contributed by atoms with Crippen LogP contribution in [0.2, 0.25) is 0 Å². The Hall–Kier alpha value is -2.38. The Morgan fingerprint density at radius 2 is 2.00 bits per heavy atom. The summed E-state index contributed by atoms with van der Waals surface area (Å²) >= 11 is 2.81. The van der Waals surface area contributed by atoms with E-state index in [1.54, 1.807) is 19.2 Å². The molecule has 0 amide bonds. The fraction of sp³-hybridized carbons (Fsp3) is 0.211. The molecule has 26 heavy (non-hydrogen) atoms. The third-order valence-corrected chi connectivity index (χ3v) is 5.74. The van der Waals surface area contributed by atoms with Crippen molar-refractivity contribution in [2.24, 2.45) is 0 Å². The smallest absolute Gasteiger partial charge is 0.210 e. The van der Waals surface area contributed by atoms with Crippen molar-refractivity contribution in [1.82, 2.24) is 10.2 Å². The number of thioether (sulfide) groups is 1. The van der Waals surface area contributed by atoms with E-state index in [-0.39, 0.29) is 5.78 Å². The molecule has 3 aromatic rings. The van der Waals surface area contributed by atoms with Gasteiger partial charge >= 0.3 is 0 Å². The number of carbonyl (C=O) groups excluding carboxylic acids is 1. The van der Waals surface area contributed by atoms with Crippen LogP contribution in [0.4, 0.5) is 10.8 Å². The minimum atomic E-state index is 0.00605. The first-order valence-electron chi connectivity index (χ1n) is 8.03. The maximum atomic E-state index is 12.4. The van der Waals surface area contributed by atoms with Crippen molar-refractivity contribution in [2.75, 3.05) is 18.2 Å². The number of benzene rings is 2. The van der Waals surface area contributed by atoms with Gasteiger partial charge in [0, 0.05) is 5.69 Å². The minimum Gasteiger partial charge on any atom is -0.496 e. The first kappa shape index (κ1) is 18.4. The standard InChI is InChI=1S/C19H19N3O2S2/c1-12-8-9-15(13(2)10-12)20-18-21-22-19(26-18)25-11-16(23)14-6-4-5-7-17(14)24-3/h4-10H,11H2,1-3H3,(H,20,21). The van der Waals surface area contributed by atoms with Gasteiger partial charge in [-0.3, -0.25) is 4.79 Å². The average Bonchev–Trinajstić information content (AvgIpc) is 3.09. The second-order valence-electron chi connectivity index (χ2n) is 5.73. The molecule has 0 aliphatic carbocycles. The number of hydrogen-bond acceptors (Lipinski definition) is 7. The van der Waals surface area contributed by atoms with Crippen molar-refractivity contribution < 1.29 is 9.53 Å². The van der Waals surface area contributed by atoms with E-state index in [1.165, 1.54) is 28.7 Å². The van der Waals surface area contributed by atoms with Crippen LogP contribution >= 0.6 is 23.1 Å². The lowest BCUT2D eigenvalue weighted by molar-refractivity contribution is 0.101. The number of anilines is 2. The molecule has 7 heteroatoms. The maximum Gasteiger partial charge on any atom is 0.210 e. The van der Waals surface area contributed by atoms with Gasteiger partial charge in [-0.2, -0.15) is 0 Å². The molecule has 0 spiro atoms. The van der Waals surface area contributed by atoms with Gasteiger partial charge in [0.2, 0.25) is 5.13 Å². The number of carbonyl (C=O) groups is 1. The quantitative estimate of drug-likeness (QED) is 0.462. The number of Topliss-reactive ketones (excluding diaryl/α,β-unsaturated/α-hetero) is 1. The summed E-state index contributed by atoms with van der Waals surface area (Å²) in [5.74, 6) is 0.887. The zero-order valence-corrected chi connectivity index (χ0v) is 16.4. The van der Waals surface area contributed by atoms with E-state index in [4.69, 9.17) is 4.74 Å². The lowest BCUT2D eigenvalue weighted by Gasteiger charge is -2.06. The third kappa shape index (κ3) is 4.42. The van der Waals surface area contributed by atoms with Crippen molar-refractivity contribution in [1.29, 1.82) is 0 Å². The summed E-state index contributed by atoms with van der Waals surface area (Å²) in [6.07, 6.45) is 0. The monoisotopic (exact) mass is 385 g/mol. The number of ether oxygens (including phenoxy) is 1. The van der Waals surface area contributed by atoms with Gasteiger partial charge < -0.3 is 10.1 Å².